The van der Waals surface area contributed by atoms with Gasteiger partial charge >= 0.3 is 6.03 Å². The van der Waals surface area contributed by atoms with Crippen LogP contribution in [0.5, 0.6) is 0 Å². The number of nitrogen functional groups attached to an aromatic ring is 1. The molecule has 160 valence electrons. The number of amides is 2. The summed E-state index contributed by atoms with van der Waals surface area (Å²) in [5.74, 6) is 0.112. The molecular formula is C21H27N5O4. The molecule has 2 amide bonds. The van der Waals surface area contributed by atoms with Crippen LogP contribution in [0.4, 0.5) is 16.3 Å². The van der Waals surface area contributed by atoms with Gasteiger partial charge in [0.15, 0.2) is 0 Å². The highest BCUT2D eigenvalue weighted by atomic mass is 16.5. The van der Waals surface area contributed by atoms with Gasteiger partial charge in [0.2, 0.25) is 5.90 Å². The van der Waals surface area contributed by atoms with Gasteiger partial charge in [0.1, 0.15) is 12.4 Å². The smallest absolute Gasteiger partial charge is 0.320 e. The van der Waals surface area contributed by atoms with E-state index in [1.807, 2.05) is 37.3 Å². The van der Waals surface area contributed by atoms with Crippen LogP contribution in [0, 0.1) is 5.41 Å². The first kappa shape index (κ1) is 21.5. The molecule has 0 spiro atoms. The Morgan fingerprint density at radius 3 is 2.70 bits per heavy atom. The molecule has 1 saturated carbocycles. The maximum absolute atomic E-state index is 12.5. The van der Waals surface area contributed by atoms with E-state index in [0.717, 1.165) is 5.56 Å². The summed E-state index contributed by atoms with van der Waals surface area (Å²) in [4.78, 5) is 16.6. The van der Waals surface area contributed by atoms with Gasteiger partial charge < -0.3 is 25.6 Å². The van der Waals surface area contributed by atoms with Crippen molar-refractivity contribution in [3.05, 3.63) is 53.7 Å². The van der Waals surface area contributed by atoms with E-state index in [4.69, 9.17) is 20.6 Å². The van der Waals surface area contributed by atoms with E-state index in [2.05, 4.69) is 15.6 Å². The fraction of sp³-hybridized carbons (Fsp3) is 0.381. The van der Waals surface area contributed by atoms with Crippen molar-refractivity contribution < 1.29 is 19.4 Å². The first-order chi connectivity index (χ1) is 14.4. The van der Waals surface area contributed by atoms with Gasteiger partial charge in [-0.1, -0.05) is 30.3 Å². The monoisotopic (exact) mass is 413 g/mol. The Balaban J connectivity index is 1.61. The highest BCUT2D eigenvalue weighted by molar-refractivity contribution is 5.97. The predicted octanol–water partition coefficient (Wildman–Crippen LogP) is 2.43. The first-order valence-corrected chi connectivity index (χ1v) is 9.83. The van der Waals surface area contributed by atoms with Crippen LogP contribution in [0.15, 0.2) is 42.6 Å². The Bertz CT molecular complexity index is 886. The van der Waals surface area contributed by atoms with Crippen LogP contribution in [-0.4, -0.2) is 47.4 Å². The molecule has 1 aromatic heterocycles. The van der Waals surface area contributed by atoms with Gasteiger partial charge in [-0.3, -0.25) is 10.7 Å². The second-order valence-electron chi connectivity index (χ2n) is 7.08. The van der Waals surface area contributed by atoms with E-state index in [0.29, 0.717) is 31.6 Å². The molecule has 2 aromatic rings. The van der Waals surface area contributed by atoms with Crippen LogP contribution in [0.3, 0.4) is 0 Å². The normalized spacial score (nSPS) is 15.1. The van der Waals surface area contributed by atoms with Crippen molar-refractivity contribution >= 4 is 23.4 Å². The van der Waals surface area contributed by atoms with Gasteiger partial charge in [-0.2, -0.15) is 0 Å². The number of nitrogens with one attached hydrogen (secondary N) is 3. The molecule has 0 radical (unpaired) electrons. The van der Waals surface area contributed by atoms with E-state index in [9.17, 15) is 9.90 Å². The van der Waals surface area contributed by atoms with E-state index < -0.39 is 17.7 Å². The summed E-state index contributed by atoms with van der Waals surface area (Å²) in [6.07, 6.45) is 2.62. The molecule has 0 unspecified atom stereocenters. The van der Waals surface area contributed by atoms with Gasteiger partial charge in [0.05, 0.1) is 23.8 Å². The van der Waals surface area contributed by atoms with Crippen LogP contribution < -0.4 is 16.4 Å². The second kappa shape index (κ2) is 9.55. The SMILES string of the molecule is CCOCCOC(=N)c1cnc(NC(=O)N[C@@H](c2ccccc2)C2(O)CC2)cc1N. The number of rotatable bonds is 9. The third-order valence-electron chi connectivity index (χ3n) is 4.81. The zero-order valence-corrected chi connectivity index (χ0v) is 16.9. The van der Waals surface area contributed by atoms with Crippen molar-refractivity contribution in [3.63, 3.8) is 0 Å². The van der Waals surface area contributed by atoms with E-state index in [1.54, 1.807) is 0 Å². The van der Waals surface area contributed by atoms with Gasteiger partial charge in [-0.25, -0.2) is 9.78 Å². The Labute approximate surface area is 175 Å². The lowest BCUT2D eigenvalue weighted by molar-refractivity contribution is 0.106. The molecule has 1 fully saturated rings. The number of anilines is 2. The van der Waals surface area contributed by atoms with Crippen molar-refractivity contribution in [2.75, 3.05) is 30.9 Å². The van der Waals surface area contributed by atoms with E-state index in [-0.39, 0.29) is 24.0 Å². The number of hydrogen-bond donors (Lipinski definition) is 5. The number of pyridine rings is 1. The molecule has 3 rings (SSSR count). The number of nitrogens with zero attached hydrogens (tertiary/aromatic N) is 1. The maximum Gasteiger partial charge on any atom is 0.320 e. The van der Waals surface area contributed by atoms with E-state index in [1.165, 1.54) is 12.3 Å². The maximum atomic E-state index is 12.5. The minimum atomic E-state index is -0.942. The number of aliphatic hydroxyl groups is 1. The topological polar surface area (TPSA) is 143 Å². The van der Waals surface area contributed by atoms with Crippen LogP contribution in [0.2, 0.25) is 0 Å². The fourth-order valence-corrected chi connectivity index (χ4v) is 3.03. The lowest BCUT2D eigenvalue weighted by atomic mass is 10.00. The molecule has 9 heteroatoms. The van der Waals surface area contributed by atoms with Crippen molar-refractivity contribution in [2.24, 2.45) is 0 Å². The third kappa shape index (κ3) is 5.46. The van der Waals surface area contributed by atoms with Crippen LogP contribution in [0.1, 0.15) is 36.9 Å². The van der Waals surface area contributed by atoms with Crippen LogP contribution in [-0.2, 0) is 9.47 Å². The average molecular weight is 413 g/mol. The Morgan fingerprint density at radius 1 is 1.33 bits per heavy atom. The second-order valence-corrected chi connectivity index (χ2v) is 7.08. The number of urea groups is 1. The van der Waals surface area contributed by atoms with Gasteiger partial charge in [-0.15, -0.1) is 0 Å². The fourth-order valence-electron chi connectivity index (χ4n) is 3.03. The lowest BCUT2D eigenvalue weighted by Gasteiger charge is -2.24. The summed E-state index contributed by atoms with van der Waals surface area (Å²) in [6.45, 7) is 3.06. The zero-order valence-electron chi connectivity index (χ0n) is 16.9. The largest absolute Gasteiger partial charge is 0.475 e. The molecule has 30 heavy (non-hydrogen) atoms. The summed E-state index contributed by atoms with van der Waals surface area (Å²) in [5, 5.41) is 24.0. The number of nitrogens with two attached hydrogens (primary N) is 1. The zero-order chi connectivity index (χ0) is 21.6. The summed E-state index contributed by atoms with van der Waals surface area (Å²) in [6, 6.07) is 9.75. The molecule has 1 atom stereocenters. The van der Waals surface area contributed by atoms with Crippen molar-refractivity contribution in [1.29, 1.82) is 5.41 Å². The molecule has 0 aliphatic heterocycles. The summed E-state index contributed by atoms with van der Waals surface area (Å²) in [7, 11) is 0. The third-order valence-corrected chi connectivity index (χ3v) is 4.81. The molecular weight excluding hydrogens is 386 g/mol. The highest BCUT2D eigenvalue weighted by Crippen LogP contribution is 2.45. The highest BCUT2D eigenvalue weighted by Gasteiger charge is 2.49. The minimum absolute atomic E-state index is 0.115. The van der Waals surface area contributed by atoms with Crippen LogP contribution in [0.25, 0.3) is 0 Å². The Kier molecular flexibility index (Phi) is 6.86. The van der Waals surface area contributed by atoms with E-state index >= 15 is 0 Å². The summed E-state index contributed by atoms with van der Waals surface area (Å²) in [5.41, 5.74) is 6.46. The molecule has 6 N–H and O–H groups in total. The number of benzene rings is 1. The van der Waals surface area contributed by atoms with Crippen molar-refractivity contribution in [2.45, 2.75) is 31.4 Å². The number of carbonyl (C=O) groups excluding carboxylic acids is 1. The van der Waals surface area contributed by atoms with Crippen molar-refractivity contribution in [1.82, 2.24) is 10.3 Å². The summed E-state index contributed by atoms with van der Waals surface area (Å²) < 4.78 is 10.5. The quantitative estimate of drug-likeness (QED) is 0.243. The molecule has 1 aliphatic rings. The number of hydrogen-bond acceptors (Lipinski definition) is 7. The molecule has 1 heterocycles. The molecule has 1 aromatic carbocycles. The average Bonchev–Trinajstić information content (AvgIpc) is 3.48. The number of carbonyl (C=O) groups is 1. The van der Waals surface area contributed by atoms with Gasteiger partial charge in [-0.05, 0) is 25.3 Å². The molecule has 9 nitrogen and oxygen atoms in total. The van der Waals surface area contributed by atoms with Crippen molar-refractivity contribution in [3.8, 4) is 0 Å². The summed E-state index contributed by atoms with van der Waals surface area (Å²) >= 11 is 0. The minimum Gasteiger partial charge on any atom is -0.475 e. The lowest BCUT2D eigenvalue weighted by Crippen LogP contribution is -2.40. The predicted molar refractivity (Wildman–Crippen MR) is 113 cm³/mol. The Hall–Kier alpha value is -3.17. The molecule has 0 saturated heterocycles. The molecule has 1 aliphatic carbocycles. The van der Waals surface area contributed by atoms with Gasteiger partial charge in [0, 0.05) is 24.6 Å². The number of ether oxygens (including phenoxy) is 2. The molecule has 0 bridgehead atoms. The van der Waals surface area contributed by atoms with Gasteiger partial charge in [0.25, 0.3) is 0 Å². The Morgan fingerprint density at radius 2 is 2.07 bits per heavy atom. The first-order valence-electron chi connectivity index (χ1n) is 9.83. The standard InChI is InChI=1S/C21H27N5O4/c1-2-29-10-11-30-19(23)15-13-24-17(12-16(15)22)25-20(27)26-18(21(28)8-9-21)14-6-4-3-5-7-14/h3-7,12-13,18,23,28H,2,8-11H2,1H3,(H4,22,24,25,26,27)/t18-/m0/s1. The number of aromatic nitrogens is 1. The van der Waals surface area contributed by atoms with Crippen LogP contribution >= 0.6 is 0 Å².